The van der Waals surface area contributed by atoms with E-state index in [0.29, 0.717) is 0 Å². The molecule has 0 saturated heterocycles. The van der Waals surface area contributed by atoms with Gasteiger partial charge < -0.3 is 0 Å². The Hall–Kier alpha value is -1.35. The van der Waals surface area contributed by atoms with Crippen LogP contribution in [0.5, 0.6) is 0 Å². The normalized spacial score (nSPS) is 10.7. The molecule has 0 unspecified atom stereocenters. The lowest BCUT2D eigenvalue weighted by molar-refractivity contribution is -0.670. The van der Waals surface area contributed by atoms with Crippen LogP contribution in [0.1, 0.15) is 0 Å². The number of pyridine rings is 1. The molecule has 1 nitrogen and oxygen atoms in total. The van der Waals surface area contributed by atoms with Crippen molar-refractivity contribution in [2.45, 2.75) is 0 Å². The van der Waals surface area contributed by atoms with E-state index in [1.807, 2.05) is 54.1 Å². The highest BCUT2D eigenvalue weighted by atomic mass is 79.9. The molecule has 0 aliphatic carbocycles. The van der Waals surface area contributed by atoms with Gasteiger partial charge in [-0.1, -0.05) is 47.5 Å². The van der Waals surface area contributed by atoms with E-state index in [1.54, 1.807) is 0 Å². The third-order valence-electron chi connectivity index (χ3n) is 3.43. The lowest BCUT2D eigenvalue weighted by atomic mass is 10.0. The summed E-state index contributed by atoms with van der Waals surface area (Å²) >= 11 is 15.9. The van der Waals surface area contributed by atoms with E-state index in [-0.39, 0.29) is 0 Å². The van der Waals surface area contributed by atoms with E-state index in [1.165, 1.54) is 0 Å². The second-order valence-corrected chi connectivity index (χ2v) is 6.75. The Morgan fingerprint density at radius 2 is 1.45 bits per heavy atom. The van der Waals surface area contributed by atoms with E-state index in [9.17, 15) is 0 Å². The summed E-state index contributed by atoms with van der Waals surface area (Å²) in [4.78, 5) is 0. The van der Waals surface area contributed by atoms with Crippen molar-refractivity contribution in [3.8, 4) is 22.3 Å². The molecule has 4 heteroatoms. The molecule has 0 fully saturated rings. The number of nitrogens with zero attached hydrogens (tertiary/aromatic N) is 1. The maximum absolute atomic E-state index is 6.12. The molecule has 0 aliphatic heterocycles. The highest BCUT2D eigenvalue weighted by Crippen LogP contribution is 2.36. The topological polar surface area (TPSA) is 3.88 Å². The van der Waals surface area contributed by atoms with Gasteiger partial charge in [-0.25, -0.2) is 4.57 Å². The van der Waals surface area contributed by atoms with Crippen molar-refractivity contribution in [3.05, 3.63) is 75.4 Å². The zero-order chi connectivity index (χ0) is 15.7. The highest BCUT2D eigenvalue weighted by Gasteiger charge is 2.16. The number of hydrogen-bond donors (Lipinski definition) is 0. The molecule has 0 amide bonds. The molecule has 3 aromatic rings. The first-order valence-electron chi connectivity index (χ1n) is 6.75. The standard InChI is InChI=1S/C18H13BrCl2N/c1-22-10-16(12-5-7-14(20)8-6-12)18(19)17(11-22)13-3-2-4-15(21)9-13/h2-11H,1H3/q+1. The van der Waals surface area contributed by atoms with Gasteiger partial charge in [0.05, 0.1) is 11.1 Å². The number of aromatic nitrogens is 1. The van der Waals surface area contributed by atoms with Crippen molar-refractivity contribution in [1.29, 1.82) is 0 Å². The van der Waals surface area contributed by atoms with Crippen molar-refractivity contribution in [3.63, 3.8) is 0 Å². The summed E-state index contributed by atoms with van der Waals surface area (Å²) in [7, 11) is 2.01. The van der Waals surface area contributed by atoms with Crippen LogP contribution in [0.15, 0.2) is 65.4 Å². The molecule has 110 valence electrons. The molecule has 0 N–H and O–H groups in total. The van der Waals surface area contributed by atoms with Gasteiger partial charge in [0.15, 0.2) is 12.4 Å². The summed E-state index contributed by atoms with van der Waals surface area (Å²) in [5, 5.41) is 1.46. The van der Waals surface area contributed by atoms with Gasteiger partial charge in [0.2, 0.25) is 0 Å². The quantitative estimate of drug-likeness (QED) is 0.476. The van der Waals surface area contributed by atoms with Crippen LogP contribution in [0, 0.1) is 0 Å². The average Bonchev–Trinajstić information content (AvgIpc) is 2.50. The van der Waals surface area contributed by atoms with Crippen LogP contribution in [0.4, 0.5) is 0 Å². The Kier molecular flexibility index (Phi) is 4.53. The SMILES string of the molecule is C[n+]1cc(-c2ccc(Cl)cc2)c(Br)c(-c2cccc(Cl)c2)c1. The van der Waals surface area contributed by atoms with E-state index in [4.69, 9.17) is 23.2 Å². The molecule has 0 radical (unpaired) electrons. The number of hydrogen-bond acceptors (Lipinski definition) is 0. The molecule has 2 aromatic carbocycles. The van der Waals surface area contributed by atoms with Gasteiger partial charge in [-0.2, -0.15) is 0 Å². The van der Waals surface area contributed by atoms with Gasteiger partial charge in [-0.3, -0.25) is 0 Å². The first-order chi connectivity index (χ1) is 10.5. The fourth-order valence-electron chi connectivity index (χ4n) is 2.39. The van der Waals surface area contributed by atoms with Crippen molar-refractivity contribution >= 4 is 39.1 Å². The number of benzene rings is 2. The van der Waals surface area contributed by atoms with Gasteiger partial charge in [0.1, 0.15) is 7.05 Å². The first-order valence-corrected chi connectivity index (χ1v) is 8.30. The zero-order valence-electron chi connectivity index (χ0n) is 11.9. The molecule has 0 aliphatic rings. The Labute approximate surface area is 148 Å². The lowest BCUT2D eigenvalue weighted by Crippen LogP contribution is -2.27. The second-order valence-electron chi connectivity index (χ2n) is 5.08. The fraction of sp³-hybridized carbons (Fsp3) is 0.0556. The summed E-state index contributed by atoms with van der Waals surface area (Å²) in [6.07, 6.45) is 4.16. The smallest absolute Gasteiger partial charge is 0.177 e. The molecule has 1 aromatic heterocycles. The summed E-state index contributed by atoms with van der Waals surface area (Å²) in [5.74, 6) is 0. The maximum atomic E-state index is 6.12. The highest BCUT2D eigenvalue weighted by molar-refractivity contribution is 9.10. The van der Waals surface area contributed by atoms with Crippen molar-refractivity contribution in [2.24, 2.45) is 7.05 Å². The Morgan fingerprint density at radius 3 is 2.09 bits per heavy atom. The van der Waals surface area contributed by atoms with Crippen LogP contribution in [0.25, 0.3) is 22.3 Å². The van der Waals surface area contributed by atoms with Gasteiger partial charge in [-0.05, 0) is 51.3 Å². The van der Waals surface area contributed by atoms with Crippen molar-refractivity contribution in [2.75, 3.05) is 0 Å². The molecule has 0 spiro atoms. The van der Waals surface area contributed by atoms with Crippen LogP contribution in [0.3, 0.4) is 0 Å². The number of rotatable bonds is 2. The summed E-state index contributed by atoms with van der Waals surface area (Å²) in [6, 6.07) is 15.7. The third kappa shape index (κ3) is 3.19. The van der Waals surface area contributed by atoms with Gasteiger partial charge in [0.25, 0.3) is 0 Å². The average molecular weight is 394 g/mol. The Bertz CT molecular complexity index is 829. The summed E-state index contributed by atoms with van der Waals surface area (Å²) < 4.78 is 3.08. The molecule has 22 heavy (non-hydrogen) atoms. The summed E-state index contributed by atoms with van der Waals surface area (Å²) in [6.45, 7) is 0. The predicted octanol–water partition coefficient (Wildman–Crippen LogP) is 5.91. The monoisotopic (exact) mass is 392 g/mol. The molecular weight excluding hydrogens is 381 g/mol. The van der Waals surface area contributed by atoms with Crippen molar-refractivity contribution < 1.29 is 4.57 Å². The van der Waals surface area contributed by atoms with Gasteiger partial charge in [0, 0.05) is 14.5 Å². The molecule has 1 heterocycles. The number of aryl methyl sites for hydroxylation is 1. The molecular formula is C18H13BrCl2N+. The minimum absolute atomic E-state index is 0.726. The number of halogens is 3. The first kappa shape index (κ1) is 15.5. The van der Waals surface area contributed by atoms with E-state index >= 15 is 0 Å². The van der Waals surface area contributed by atoms with E-state index in [0.717, 1.165) is 36.8 Å². The van der Waals surface area contributed by atoms with E-state index < -0.39 is 0 Å². The Balaban J connectivity index is 2.19. The van der Waals surface area contributed by atoms with Gasteiger partial charge >= 0.3 is 0 Å². The van der Waals surface area contributed by atoms with Crippen LogP contribution in [-0.4, -0.2) is 0 Å². The largest absolute Gasteiger partial charge is 0.207 e. The lowest BCUT2D eigenvalue weighted by Gasteiger charge is -2.09. The predicted molar refractivity (Wildman–Crippen MR) is 96.2 cm³/mol. The van der Waals surface area contributed by atoms with Crippen LogP contribution >= 0.6 is 39.1 Å². The van der Waals surface area contributed by atoms with Crippen LogP contribution < -0.4 is 4.57 Å². The minimum atomic E-state index is 0.726. The minimum Gasteiger partial charge on any atom is -0.207 e. The summed E-state index contributed by atoms with van der Waals surface area (Å²) in [5.41, 5.74) is 4.38. The van der Waals surface area contributed by atoms with Crippen LogP contribution in [0.2, 0.25) is 10.0 Å². The molecule has 0 bridgehead atoms. The third-order valence-corrected chi connectivity index (χ3v) is 4.77. The van der Waals surface area contributed by atoms with Crippen molar-refractivity contribution in [1.82, 2.24) is 0 Å². The second kappa shape index (κ2) is 6.41. The fourth-order valence-corrected chi connectivity index (χ4v) is 3.37. The van der Waals surface area contributed by atoms with E-state index in [2.05, 4.69) is 34.4 Å². The molecule has 0 atom stereocenters. The van der Waals surface area contributed by atoms with Crippen LogP contribution in [-0.2, 0) is 7.05 Å². The zero-order valence-corrected chi connectivity index (χ0v) is 15.0. The van der Waals surface area contributed by atoms with Gasteiger partial charge in [-0.15, -0.1) is 0 Å². The molecule has 3 rings (SSSR count). The molecule has 0 saturated carbocycles. The maximum Gasteiger partial charge on any atom is 0.177 e. The Morgan fingerprint density at radius 1 is 0.818 bits per heavy atom.